The zero-order chi connectivity index (χ0) is 26.0. The number of dihydropyridines is 1. The van der Waals surface area contributed by atoms with E-state index < -0.39 is 5.92 Å². The molecule has 0 bridgehead atoms. The van der Waals surface area contributed by atoms with E-state index in [1.807, 2.05) is 17.9 Å². The van der Waals surface area contributed by atoms with E-state index in [0.29, 0.717) is 22.6 Å². The number of nitrogens with one attached hydrogen (secondary N) is 1. The number of carbonyl (C=O) groups is 3. The van der Waals surface area contributed by atoms with Gasteiger partial charge in [-0.25, -0.2) is 4.99 Å². The molecule has 192 valence electrons. The van der Waals surface area contributed by atoms with E-state index in [2.05, 4.69) is 22.1 Å². The fourth-order valence-electron chi connectivity index (χ4n) is 5.29. The summed E-state index contributed by atoms with van der Waals surface area (Å²) in [5.41, 5.74) is 3.53. The molecule has 0 radical (unpaired) electrons. The van der Waals surface area contributed by atoms with E-state index in [4.69, 9.17) is 9.15 Å². The number of rotatable bonds is 7. The van der Waals surface area contributed by atoms with Gasteiger partial charge in [0.05, 0.1) is 18.9 Å². The van der Waals surface area contributed by atoms with Crippen molar-refractivity contribution in [1.29, 1.82) is 0 Å². The Hall–Kier alpha value is -3.62. The summed E-state index contributed by atoms with van der Waals surface area (Å²) in [5, 5.41) is 3.65. The van der Waals surface area contributed by atoms with Crippen LogP contribution in [0.4, 0.5) is 5.69 Å². The number of amides is 3. The molecular weight excluding hydrogens is 460 g/mol. The van der Waals surface area contributed by atoms with E-state index in [1.54, 1.807) is 32.3 Å². The average Bonchev–Trinajstić information content (AvgIpc) is 3.32. The standard InChI is InChI=1S/C27H34N4O5/c1-6-31(19-7-10-30(11-8-19)18(4)32)22-14-24-20(9-12-36-24)25(17(22)3)27(34)28-15-21-23(35-5)13-16(2)29-26(21)33/h9,12-14,19,21H,6-8,10-11,15H2,1-5H3,(H,28,34). The van der Waals surface area contributed by atoms with Gasteiger partial charge in [-0.2, -0.15) is 0 Å². The SMILES string of the molecule is CCN(c1cc2occc2c(C(=O)NCC2C(=O)N=C(C)C=C2OC)c1C)C1CCN(C(C)=O)CC1. The summed E-state index contributed by atoms with van der Waals surface area (Å²) >= 11 is 0. The molecule has 1 aromatic carbocycles. The molecule has 1 atom stereocenters. The quantitative estimate of drug-likeness (QED) is 0.632. The van der Waals surface area contributed by atoms with Crippen LogP contribution in [0.2, 0.25) is 0 Å². The van der Waals surface area contributed by atoms with E-state index >= 15 is 0 Å². The van der Waals surface area contributed by atoms with Crippen LogP contribution in [-0.2, 0) is 14.3 Å². The van der Waals surface area contributed by atoms with Crippen molar-refractivity contribution in [2.24, 2.45) is 10.9 Å². The van der Waals surface area contributed by atoms with Crippen LogP contribution >= 0.6 is 0 Å². The Labute approximate surface area is 211 Å². The largest absolute Gasteiger partial charge is 0.500 e. The van der Waals surface area contributed by atoms with Crippen molar-refractivity contribution in [1.82, 2.24) is 10.2 Å². The van der Waals surface area contributed by atoms with Gasteiger partial charge in [-0.1, -0.05) is 0 Å². The third-order valence-electron chi connectivity index (χ3n) is 7.20. The van der Waals surface area contributed by atoms with Crippen molar-refractivity contribution in [3.63, 3.8) is 0 Å². The fraction of sp³-hybridized carbons (Fsp3) is 0.481. The van der Waals surface area contributed by atoms with Crippen LogP contribution in [0.25, 0.3) is 11.0 Å². The highest BCUT2D eigenvalue weighted by Crippen LogP contribution is 2.35. The first-order chi connectivity index (χ1) is 17.2. The van der Waals surface area contributed by atoms with Crippen LogP contribution in [0.15, 0.2) is 39.6 Å². The third-order valence-corrected chi connectivity index (χ3v) is 7.20. The summed E-state index contributed by atoms with van der Waals surface area (Å²) < 4.78 is 11.1. The smallest absolute Gasteiger partial charge is 0.258 e. The van der Waals surface area contributed by atoms with Crippen molar-refractivity contribution < 1.29 is 23.5 Å². The predicted molar refractivity (Wildman–Crippen MR) is 138 cm³/mol. The van der Waals surface area contributed by atoms with Gasteiger partial charge in [0.1, 0.15) is 17.3 Å². The van der Waals surface area contributed by atoms with Crippen LogP contribution in [0.1, 0.15) is 49.5 Å². The Morgan fingerprint density at radius 3 is 2.64 bits per heavy atom. The molecule has 9 nitrogen and oxygen atoms in total. The highest BCUT2D eigenvalue weighted by molar-refractivity contribution is 6.10. The van der Waals surface area contributed by atoms with Crippen LogP contribution in [0.5, 0.6) is 0 Å². The number of anilines is 1. The average molecular weight is 495 g/mol. The van der Waals surface area contributed by atoms with Crippen LogP contribution in [0, 0.1) is 12.8 Å². The molecule has 2 aliphatic heterocycles. The van der Waals surface area contributed by atoms with E-state index in [0.717, 1.165) is 49.1 Å². The Kier molecular flexibility index (Phi) is 7.47. The first-order valence-corrected chi connectivity index (χ1v) is 12.4. The number of methoxy groups -OCH3 is 1. The summed E-state index contributed by atoms with van der Waals surface area (Å²) in [4.78, 5) is 46.0. The Morgan fingerprint density at radius 1 is 1.28 bits per heavy atom. The lowest BCUT2D eigenvalue weighted by molar-refractivity contribution is -0.129. The zero-order valence-corrected chi connectivity index (χ0v) is 21.6. The molecule has 9 heteroatoms. The van der Waals surface area contributed by atoms with Crippen molar-refractivity contribution in [3.05, 3.63) is 41.4 Å². The Morgan fingerprint density at radius 2 is 2.00 bits per heavy atom. The van der Waals surface area contributed by atoms with Gasteiger partial charge in [0.15, 0.2) is 0 Å². The number of hydrogen-bond acceptors (Lipinski definition) is 6. The zero-order valence-electron chi connectivity index (χ0n) is 21.6. The first-order valence-electron chi connectivity index (χ1n) is 12.4. The molecule has 0 spiro atoms. The second-order valence-corrected chi connectivity index (χ2v) is 9.36. The molecule has 1 N–H and O–H groups in total. The van der Waals surface area contributed by atoms with Crippen LogP contribution in [0.3, 0.4) is 0 Å². The molecule has 1 aromatic heterocycles. The fourth-order valence-corrected chi connectivity index (χ4v) is 5.29. The lowest BCUT2D eigenvalue weighted by Gasteiger charge is -2.40. The maximum atomic E-state index is 13.5. The molecule has 2 aliphatic rings. The molecular formula is C27H34N4O5. The lowest BCUT2D eigenvalue weighted by Crippen LogP contribution is -2.46. The summed E-state index contributed by atoms with van der Waals surface area (Å²) in [7, 11) is 1.51. The molecule has 1 fully saturated rings. The number of aliphatic imine (C=N–C) groups is 1. The number of allylic oxidation sites excluding steroid dienone is 1. The van der Waals surface area contributed by atoms with Crippen molar-refractivity contribution in [3.8, 4) is 0 Å². The van der Waals surface area contributed by atoms with Gasteiger partial charge in [-0.05, 0) is 51.3 Å². The summed E-state index contributed by atoms with van der Waals surface area (Å²) in [6, 6.07) is 4.04. The molecule has 0 aliphatic carbocycles. The minimum Gasteiger partial charge on any atom is -0.500 e. The minimum absolute atomic E-state index is 0.0815. The highest BCUT2D eigenvalue weighted by atomic mass is 16.5. The molecule has 0 saturated carbocycles. The number of furan rings is 1. The van der Waals surface area contributed by atoms with Gasteiger partial charge in [0, 0.05) is 62.0 Å². The Balaban J connectivity index is 1.60. The number of ether oxygens (including phenoxy) is 1. The Bertz CT molecular complexity index is 1240. The van der Waals surface area contributed by atoms with Gasteiger partial charge in [0.2, 0.25) is 5.91 Å². The van der Waals surface area contributed by atoms with E-state index in [-0.39, 0.29) is 30.3 Å². The third kappa shape index (κ3) is 4.87. The monoisotopic (exact) mass is 494 g/mol. The maximum Gasteiger partial charge on any atom is 0.258 e. The van der Waals surface area contributed by atoms with Gasteiger partial charge in [-0.15, -0.1) is 0 Å². The maximum absolute atomic E-state index is 13.5. The topological polar surface area (TPSA) is 104 Å². The molecule has 4 rings (SSSR count). The number of benzene rings is 1. The number of likely N-dealkylation sites (tertiary alicyclic amines) is 1. The summed E-state index contributed by atoms with van der Waals surface area (Å²) in [6.07, 6.45) is 5.02. The number of piperidine rings is 1. The van der Waals surface area contributed by atoms with Crippen LogP contribution in [-0.4, -0.2) is 67.7 Å². The highest BCUT2D eigenvalue weighted by Gasteiger charge is 2.30. The van der Waals surface area contributed by atoms with E-state index in [9.17, 15) is 14.4 Å². The molecule has 3 heterocycles. The van der Waals surface area contributed by atoms with Crippen molar-refractivity contribution in [2.45, 2.75) is 46.6 Å². The van der Waals surface area contributed by atoms with Gasteiger partial charge in [0.25, 0.3) is 11.8 Å². The molecule has 3 amide bonds. The summed E-state index contributed by atoms with van der Waals surface area (Å²) in [6.45, 7) is 9.67. The number of fused-ring (bicyclic) bond motifs is 1. The van der Waals surface area contributed by atoms with Gasteiger partial charge in [-0.3, -0.25) is 14.4 Å². The molecule has 36 heavy (non-hydrogen) atoms. The van der Waals surface area contributed by atoms with Crippen LogP contribution < -0.4 is 10.2 Å². The number of hydrogen-bond donors (Lipinski definition) is 1. The first kappa shape index (κ1) is 25.5. The predicted octanol–water partition coefficient (Wildman–Crippen LogP) is 3.46. The molecule has 1 unspecified atom stereocenters. The van der Waals surface area contributed by atoms with Gasteiger partial charge >= 0.3 is 0 Å². The van der Waals surface area contributed by atoms with E-state index in [1.165, 1.54) is 7.11 Å². The minimum atomic E-state index is -0.662. The normalized spacial score (nSPS) is 18.6. The number of nitrogens with zero attached hydrogens (tertiary/aromatic N) is 3. The second-order valence-electron chi connectivity index (χ2n) is 9.36. The number of carbonyl (C=O) groups excluding carboxylic acids is 3. The molecule has 2 aromatic rings. The lowest BCUT2D eigenvalue weighted by atomic mass is 9.96. The summed E-state index contributed by atoms with van der Waals surface area (Å²) in [5.74, 6) is -0.685. The second kappa shape index (κ2) is 10.6. The van der Waals surface area contributed by atoms with Gasteiger partial charge < -0.3 is 24.3 Å². The van der Waals surface area contributed by atoms with Crippen molar-refractivity contribution >= 4 is 40.1 Å². The van der Waals surface area contributed by atoms with Crippen molar-refractivity contribution in [2.75, 3.05) is 38.2 Å². The molecule has 1 saturated heterocycles.